The van der Waals surface area contributed by atoms with Crippen molar-refractivity contribution in [3.63, 3.8) is 0 Å². The van der Waals surface area contributed by atoms with Gasteiger partial charge in [-0.2, -0.15) is 0 Å². The first-order valence-electron chi connectivity index (χ1n) is 9.29. The molecule has 3 aromatic rings. The van der Waals surface area contributed by atoms with E-state index < -0.39 is 0 Å². The van der Waals surface area contributed by atoms with Crippen molar-refractivity contribution >= 4 is 16.8 Å². The quantitative estimate of drug-likeness (QED) is 0.666. The fourth-order valence-electron chi connectivity index (χ4n) is 3.53. The molecule has 0 radical (unpaired) electrons. The molecule has 0 aliphatic carbocycles. The van der Waals surface area contributed by atoms with Crippen LogP contribution in [0.4, 0.5) is 0 Å². The second kappa shape index (κ2) is 7.73. The van der Waals surface area contributed by atoms with Gasteiger partial charge in [0.05, 0.1) is 6.04 Å². The number of nitrogens with one attached hydrogen (secondary N) is 1. The Morgan fingerprint density at radius 1 is 1.27 bits per heavy atom. The summed E-state index contributed by atoms with van der Waals surface area (Å²) >= 11 is 0. The molecule has 2 heterocycles. The van der Waals surface area contributed by atoms with Gasteiger partial charge in [-0.3, -0.25) is 9.78 Å². The van der Waals surface area contributed by atoms with E-state index in [2.05, 4.69) is 42.0 Å². The normalized spacial score (nSPS) is 12.3. The average Bonchev–Trinajstić information content (AvgIpc) is 2.98. The maximum absolute atomic E-state index is 13.3. The van der Waals surface area contributed by atoms with E-state index in [1.54, 1.807) is 6.20 Å². The number of benzene rings is 1. The summed E-state index contributed by atoms with van der Waals surface area (Å²) < 4.78 is 0. The van der Waals surface area contributed by atoms with Crippen molar-refractivity contribution in [2.24, 2.45) is 0 Å². The van der Waals surface area contributed by atoms with Crippen LogP contribution in [0.1, 0.15) is 59.4 Å². The van der Waals surface area contributed by atoms with Gasteiger partial charge in [-0.25, -0.2) is 0 Å². The fourth-order valence-corrected chi connectivity index (χ4v) is 3.53. The number of nitrogens with zero attached hydrogens (tertiary/aromatic N) is 2. The lowest BCUT2D eigenvalue weighted by molar-refractivity contribution is 0.0714. The van der Waals surface area contributed by atoms with E-state index in [4.69, 9.17) is 0 Å². The molecule has 0 saturated heterocycles. The molecule has 0 aliphatic rings. The molecule has 0 saturated carbocycles. The van der Waals surface area contributed by atoms with Gasteiger partial charge < -0.3 is 9.88 Å². The molecule has 4 heteroatoms. The molecular weight excluding hydrogens is 322 g/mol. The van der Waals surface area contributed by atoms with Gasteiger partial charge >= 0.3 is 0 Å². The largest absolute Gasteiger partial charge is 0.350 e. The Balaban J connectivity index is 1.95. The van der Waals surface area contributed by atoms with Crippen molar-refractivity contribution in [2.45, 2.75) is 46.1 Å². The van der Waals surface area contributed by atoms with Crippen LogP contribution in [0.15, 0.2) is 42.7 Å². The zero-order chi connectivity index (χ0) is 18.7. The van der Waals surface area contributed by atoms with Gasteiger partial charge in [0, 0.05) is 30.3 Å². The molecule has 0 spiro atoms. The summed E-state index contributed by atoms with van der Waals surface area (Å²) in [5.41, 5.74) is 4.99. The Morgan fingerprint density at radius 3 is 2.77 bits per heavy atom. The van der Waals surface area contributed by atoms with Crippen LogP contribution in [0.5, 0.6) is 0 Å². The topological polar surface area (TPSA) is 49.0 Å². The lowest BCUT2D eigenvalue weighted by atomic mass is 10.0. The Labute approximate surface area is 155 Å². The maximum Gasteiger partial charge on any atom is 0.270 e. The van der Waals surface area contributed by atoms with Crippen LogP contribution in [0.2, 0.25) is 0 Å². The summed E-state index contributed by atoms with van der Waals surface area (Å²) in [6, 6.07) is 10.3. The second-order valence-corrected chi connectivity index (χ2v) is 7.03. The molecule has 3 rings (SSSR count). The predicted molar refractivity (Wildman–Crippen MR) is 106 cm³/mol. The highest BCUT2D eigenvalue weighted by atomic mass is 16.2. The van der Waals surface area contributed by atoms with E-state index in [-0.39, 0.29) is 11.9 Å². The van der Waals surface area contributed by atoms with E-state index in [0.717, 1.165) is 41.3 Å². The Kier molecular flexibility index (Phi) is 5.40. The minimum atomic E-state index is 0.0290. The van der Waals surface area contributed by atoms with Crippen molar-refractivity contribution in [1.82, 2.24) is 14.9 Å². The first kappa shape index (κ1) is 18.2. The van der Waals surface area contributed by atoms with Crippen LogP contribution in [-0.4, -0.2) is 27.8 Å². The molecule has 136 valence electrons. The lowest BCUT2D eigenvalue weighted by Gasteiger charge is -2.28. The van der Waals surface area contributed by atoms with Gasteiger partial charge in [0.1, 0.15) is 5.69 Å². The van der Waals surface area contributed by atoms with Crippen LogP contribution >= 0.6 is 0 Å². The highest BCUT2D eigenvalue weighted by Crippen LogP contribution is 2.29. The summed E-state index contributed by atoms with van der Waals surface area (Å²) in [5, 5.41) is 1.12. The first-order chi connectivity index (χ1) is 12.5. The molecule has 0 fully saturated rings. The number of aryl methyl sites for hydroxylation is 2. The molecule has 0 aliphatic heterocycles. The third-order valence-electron chi connectivity index (χ3n) is 5.12. The number of carbonyl (C=O) groups is 1. The molecule has 4 nitrogen and oxygen atoms in total. The van der Waals surface area contributed by atoms with Crippen molar-refractivity contribution in [3.05, 3.63) is 65.1 Å². The highest BCUT2D eigenvalue weighted by Gasteiger charge is 2.25. The summed E-state index contributed by atoms with van der Waals surface area (Å²) in [6.45, 7) is 6.26. The van der Waals surface area contributed by atoms with E-state index in [0.29, 0.717) is 5.69 Å². The minimum Gasteiger partial charge on any atom is -0.350 e. The number of hydrogen-bond acceptors (Lipinski definition) is 2. The third kappa shape index (κ3) is 3.50. The number of pyridine rings is 1. The van der Waals surface area contributed by atoms with Crippen LogP contribution < -0.4 is 0 Å². The summed E-state index contributed by atoms with van der Waals surface area (Å²) in [4.78, 5) is 22.7. The van der Waals surface area contributed by atoms with Gasteiger partial charge in [-0.05, 0) is 49.6 Å². The molecule has 2 aromatic heterocycles. The number of carbonyl (C=O) groups excluding carboxylic acids is 1. The maximum atomic E-state index is 13.3. The smallest absolute Gasteiger partial charge is 0.270 e. The third-order valence-corrected chi connectivity index (χ3v) is 5.12. The van der Waals surface area contributed by atoms with E-state index in [1.807, 2.05) is 37.2 Å². The SMILES string of the molecule is CCCC[C@@H](c1cccnc1)N(C)C(=O)c1[nH]c2ccc(C)cc2c1C. The Morgan fingerprint density at radius 2 is 2.08 bits per heavy atom. The van der Waals surface area contributed by atoms with Crippen molar-refractivity contribution < 1.29 is 4.79 Å². The molecule has 1 atom stereocenters. The first-order valence-corrected chi connectivity index (χ1v) is 9.29. The van der Waals surface area contributed by atoms with E-state index in [1.165, 1.54) is 5.56 Å². The Hall–Kier alpha value is -2.62. The van der Waals surface area contributed by atoms with Crippen LogP contribution in [0, 0.1) is 13.8 Å². The van der Waals surface area contributed by atoms with Crippen molar-refractivity contribution in [3.8, 4) is 0 Å². The van der Waals surface area contributed by atoms with Gasteiger partial charge in [-0.15, -0.1) is 0 Å². The standard InChI is InChI=1S/C22H27N3O/c1-5-6-9-20(17-8-7-12-23-14-17)25(4)22(26)21-16(3)18-13-15(2)10-11-19(18)24-21/h7-8,10-14,20,24H,5-6,9H2,1-4H3/t20-/m0/s1. The molecular formula is C22H27N3O. The van der Waals surface area contributed by atoms with Crippen LogP contribution in [-0.2, 0) is 0 Å². The van der Waals surface area contributed by atoms with Gasteiger partial charge in [-0.1, -0.05) is 37.5 Å². The van der Waals surface area contributed by atoms with Gasteiger partial charge in [0.25, 0.3) is 5.91 Å². The van der Waals surface area contributed by atoms with Crippen LogP contribution in [0.3, 0.4) is 0 Å². The zero-order valence-corrected chi connectivity index (χ0v) is 16.0. The van der Waals surface area contributed by atoms with E-state index >= 15 is 0 Å². The molecule has 1 N–H and O–H groups in total. The number of hydrogen-bond donors (Lipinski definition) is 1. The minimum absolute atomic E-state index is 0.0290. The van der Waals surface area contributed by atoms with Gasteiger partial charge in [0.2, 0.25) is 0 Å². The number of aromatic amines is 1. The summed E-state index contributed by atoms with van der Waals surface area (Å²) in [6.07, 6.45) is 6.74. The number of rotatable bonds is 6. The van der Waals surface area contributed by atoms with E-state index in [9.17, 15) is 4.79 Å². The number of aromatic nitrogens is 2. The van der Waals surface area contributed by atoms with Crippen molar-refractivity contribution in [1.29, 1.82) is 0 Å². The van der Waals surface area contributed by atoms with Gasteiger partial charge in [0.15, 0.2) is 0 Å². The summed E-state index contributed by atoms with van der Waals surface area (Å²) in [7, 11) is 1.89. The fraction of sp³-hybridized carbons (Fsp3) is 0.364. The molecule has 0 bridgehead atoms. The molecule has 0 unspecified atom stereocenters. The monoisotopic (exact) mass is 349 g/mol. The van der Waals surface area contributed by atoms with Crippen molar-refractivity contribution in [2.75, 3.05) is 7.05 Å². The molecule has 26 heavy (non-hydrogen) atoms. The molecule has 1 amide bonds. The average molecular weight is 349 g/mol. The number of fused-ring (bicyclic) bond motifs is 1. The van der Waals surface area contributed by atoms with Crippen LogP contribution in [0.25, 0.3) is 10.9 Å². The lowest BCUT2D eigenvalue weighted by Crippen LogP contribution is -2.32. The second-order valence-electron chi connectivity index (χ2n) is 7.03. The predicted octanol–water partition coefficient (Wildman–Crippen LogP) is 5.18. The highest BCUT2D eigenvalue weighted by molar-refractivity contribution is 6.01. The Bertz CT molecular complexity index is 898. The number of H-pyrrole nitrogens is 1. The molecule has 1 aromatic carbocycles. The number of unbranched alkanes of at least 4 members (excludes halogenated alkanes) is 1. The number of amides is 1. The zero-order valence-electron chi connectivity index (χ0n) is 16.0. The summed E-state index contributed by atoms with van der Waals surface area (Å²) in [5.74, 6) is 0.0290.